The summed E-state index contributed by atoms with van der Waals surface area (Å²) in [5.74, 6) is 0.678. The van der Waals surface area contributed by atoms with Gasteiger partial charge in [-0.15, -0.1) is 0 Å². The Bertz CT molecular complexity index is 981. The van der Waals surface area contributed by atoms with Crippen LogP contribution >= 0.6 is 11.6 Å². The molecular weight excluding hydrogens is 388 g/mol. The highest BCUT2D eigenvalue weighted by Crippen LogP contribution is 2.35. The number of carbonyl (C=O) groups excluding carboxylic acids is 1. The summed E-state index contributed by atoms with van der Waals surface area (Å²) in [6, 6.07) is 11.5. The molecule has 1 amide bonds. The number of piperidine rings is 1. The Morgan fingerprint density at radius 1 is 1.14 bits per heavy atom. The molecule has 0 unspecified atom stereocenters. The molecule has 0 saturated carbocycles. The topological polar surface area (TPSA) is 51.5 Å². The summed E-state index contributed by atoms with van der Waals surface area (Å²) >= 11 is 5.93. The van der Waals surface area contributed by atoms with Gasteiger partial charge in [-0.25, -0.2) is 0 Å². The molecule has 6 heteroatoms. The number of nitrogens with zero attached hydrogens (tertiary/aromatic N) is 2. The number of likely N-dealkylation sites (tertiary alicyclic amines) is 1. The van der Waals surface area contributed by atoms with Gasteiger partial charge in [0.2, 0.25) is 5.91 Å². The van der Waals surface area contributed by atoms with Crippen LogP contribution in [0, 0.1) is 5.92 Å². The Balaban J connectivity index is 1.55. The van der Waals surface area contributed by atoms with Crippen molar-refractivity contribution in [3.8, 4) is 0 Å². The Morgan fingerprint density at radius 3 is 2.69 bits per heavy atom. The third kappa shape index (κ3) is 4.31. The number of amides is 1. The molecule has 1 saturated heterocycles. The second-order valence-electron chi connectivity index (χ2n) is 7.85. The maximum atomic E-state index is 13.1. The largest absolute Gasteiger partial charge is 0.384 e. The molecule has 1 aromatic carbocycles. The Hall–Kier alpha value is -2.37. The Morgan fingerprint density at radius 2 is 1.93 bits per heavy atom. The minimum atomic E-state index is 0.0431. The highest BCUT2D eigenvalue weighted by atomic mass is 35.5. The summed E-state index contributed by atoms with van der Waals surface area (Å²) in [7, 11) is 1.61. The van der Waals surface area contributed by atoms with E-state index in [1.807, 2.05) is 58.0 Å². The summed E-state index contributed by atoms with van der Waals surface area (Å²) < 4.78 is 6.95. The van der Waals surface area contributed by atoms with Gasteiger partial charge in [0, 0.05) is 48.9 Å². The molecule has 1 fully saturated rings. The zero-order valence-corrected chi connectivity index (χ0v) is 17.3. The average Bonchev–Trinajstić information content (AvgIpc) is 2.73. The van der Waals surface area contributed by atoms with E-state index in [0.29, 0.717) is 42.6 Å². The van der Waals surface area contributed by atoms with Gasteiger partial charge in [-0.3, -0.25) is 9.59 Å². The predicted molar refractivity (Wildman–Crippen MR) is 115 cm³/mol. The van der Waals surface area contributed by atoms with Gasteiger partial charge in [-0.05, 0) is 48.2 Å². The maximum Gasteiger partial charge on any atom is 0.258 e. The number of rotatable bonds is 5. The van der Waals surface area contributed by atoms with Crippen LogP contribution in [0.1, 0.15) is 35.6 Å². The summed E-state index contributed by atoms with van der Waals surface area (Å²) in [6.07, 6.45) is 5.24. The van der Waals surface area contributed by atoms with Crippen LogP contribution in [0.5, 0.6) is 0 Å². The van der Waals surface area contributed by atoms with Crippen molar-refractivity contribution < 1.29 is 9.53 Å². The summed E-state index contributed by atoms with van der Waals surface area (Å²) in [4.78, 5) is 27.4. The molecule has 0 aliphatic carbocycles. The van der Waals surface area contributed by atoms with E-state index in [1.54, 1.807) is 7.11 Å². The lowest BCUT2D eigenvalue weighted by molar-refractivity contribution is -0.134. The van der Waals surface area contributed by atoms with Gasteiger partial charge in [0.1, 0.15) is 0 Å². The van der Waals surface area contributed by atoms with Crippen molar-refractivity contribution in [3.63, 3.8) is 0 Å². The number of halogens is 1. The fourth-order valence-corrected chi connectivity index (χ4v) is 4.53. The van der Waals surface area contributed by atoms with E-state index in [2.05, 4.69) is 0 Å². The number of methoxy groups -OCH3 is 1. The Labute approximate surface area is 175 Å². The first-order valence-electron chi connectivity index (χ1n) is 9.99. The highest BCUT2D eigenvalue weighted by molar-refractivity contribution is 6.30. The van der Waals surface area contributed by atoms with Crippen molar-refractivity contribution in [2.24, 2.45) is 5.92 Å². The molecule has 0 spiro atoms. The standard InChI is InChI=1S/C23H25ClN2O3/c1-29-11-10-22(27)25-13-17-12-19(15-25)21-9-6-18(23(28)26(21)14-17)5-2-16-3-7-20(24)8-4-16/h2-9,17,19H,10-15H2,1H3/b5-2+/t17-,19+/m0/s1. The van der Waals surface area contributed by atoms with Crippen molar-refractivity contribution in [3.05, 3.63) is 68.6 Å². The van der Waals surface area contributed by atoms with Crippen LogP contribution in [0.3, 0.4) is 0 Å². The van der Waals surface area contributed by atoms with E-state index < -0.39 is 0 Å². The maximum absolute atomic E-state index is 13.1. The van der Waals surface area contributed by atoms with Crippen molar-refractivity contribution >= 4 is 29.7 Å². The number of carbonyl (C=O) groups is 1. The molecular formula is C23H25ClN2O3. The van der Waals surface area contributed by atoms with E-state index in [-0.39, 0.29) is 17.4 Å². The van der Waals surface area contributed by atoms with E-state index in [4.69, 9.17) is 16.3 Å². The van der Waals surface area contributed by atoms with Crippen LogP contribution in [0.4, 0.5) is 0 Å². The van der Waals surface area contributed by atoms with Crippen LogP contribution in [-0.2, 0) is 16.1 Å². The minimum Gasteiger partial charge on any atom is -0.384 e. The van der Waals surface area contributed by atoms with Gasteiger partial charge in [0.05, 0.1) is 13.0 Å². The first-order valence-corrected chi connectivity index (χ1v) is 10.4. The van der Waals surface area contributed by atoms with Crippen LogP contribution in [0.2, 0.25) is 5.02 Å². The molecule has 0 N–H and O–H groups in total. The van der Waals surface area contributed by atoms with E-state index in [1.165, 1.54) is 0 Å². The second kappa shape index (κ2) is 8.56. The van der Waals surface area contributed by atoms with Gasteiger partial charge < -0.3 is 14.2 Å². The van der Waals surface area contributed by atoms with Gasteiger partial charge in [-0.2, -0.15) is 0 Å². The predicted octanol–water partition coefficient (Wildman–Crippen LogP) is 3.65. The molecule has 152 valence electrons. The normalized spacial score (nSPS) is 20.7. The number of benzene rings is 1. The summed E-state index contributed by atoms with van der Waals surface area (Å²) in [5, 5.41) is 0.692. The lowest BCUT2D eigenvalue weighted by Crippen LogP contribution is -2.49. The van der Waals surface area contributed by atoms with Crippen LogP contribution in [-0.4, -0.2) is 42.2 Å². The summed E-state index contributed by atoms with van der Waals surface area (Å²) in [5.41, 5.74) is 2.76. The minimum absolute atomic E-state index is 0.0431. The van der Waals surface area contributed by atoms with E-state index in [0.717, 1.165) is 24.2 Å². The lowest BCUT2D eigenvalue weighted by atomic mass is 9.83. The molecule has 3 heterocycles. The first kappa shape index (κ1) is 19.9. The monoisotopic (exact) mass is 412 g/mol. The van der Waals surface area contributed by atoms with Gasteiger partial charge >= 0.3 is 0 Å². The second-order valence-corrected chi connectivity index (χ2v) is 8.29. The molecule has 2 aliphatic rings. The Kier molecular flexibility index (Phi) is 5.88. The molecule has 0 radical (unpaired) electrons. The van der Waals surface area contributed by atoms with Crippen LogP contribution < -0.4 is 5.56 Å². The van der Waals surface area contributed by atoms with E-state index >= 15 is 0 Å². The lowest BCUT2D eigenvalue weighted by Gasteiger charge is -2.43. The fraction of sp³-hybridized carbons (Fsp3) is 0.391. The molecule has 1 aromatic heterocycles. The number of hydrogen-bond acceptors (Lipinski definition) is 3. The van der Waals surface area contributed by atoms with Crippen LogP contribution in [0.25, 0.3) is 12.2 Å². The zero-order chi connectivity index (χ0) is 20.4. The molecule has 2 aliphatic heterocycles. The first-order chi connectivity index (χ1) is 14.0. The fourth-order valence-electron chi connectivity index (χ4n) is 4.40. The number of ether oxygens (including phenoxy) is 1. The quantitative estimate of drug-likeness (QED) is 0.753. The number of pyridine rings is 1. The van der Waals surface area contributed by atoms with Crippen molar-refractivity contribution in [1.29, 1.82) is 0 Å². The molecule has 4 rings (SSSR count). The number of fused-ring (bicyclic) bond motifs is 4. The average molecular weight is 413 g/mol. The van der Waals surface area contributed by atoms with Gasteiger partial charge in [-0.1, -0.05) is 29.8 Å². The van der Waals surface area contributed by atoms with E-state index in [9.17, 15) is 9.59 Å². The van der Waals surface area contributed by atoms with Gasteiger partial charge in [0.25, 0.3) is 5.56 Å². The zero-order valence-electron chi connectivity index (χ0n) is 16.5. The van der Waals surface area contributed by atoms with Gasteiger partial charge in [0.15, 0.2) is 0 Å². The van der Waals surface area contributed by atoms with Crippen molar-refractivity contribution in [2.75, 3.05) is 26.8 Å². The molecule has 2 bridgehead atoms. The third-order valence-electron chi connectivity index (χ3n) is 5.83. The molecule has 2 aromatic rings. The van der Waals surface area contributed by atoms with Crippen LogP contribution in [0.15, 0.2) is 41.2 Å². The molecule has 29 heavy (non-hydrogen) atoms. The summed E-state index contributed by atoms with van der Waals surface area (Å²) in [6.45, 7) is 2.51. The number of aromatic nitrogens is 1. The third-order valence-corrected chi connectivity index (χ3v) is 6.08. The SMILES string of the molecule is COCCC(=O)N1C[C@@H]2C[C@H](C1)c1ccc(/C=C/c3ccc(Cl)cc3)c(=O)n1C2. The molecule has 5 nitrogen and oxygen atoms in total. The highest BCUT2D eigenvalue weighted by Gasteiger charge is 2.36. The van der Waals surface area contributed by atoms with Crippen molar-refractivity contribution in [2.45, 2.75) is 25.3 Å². The smallest absolute Gasteiger partial charge is 0.258 e. The van der Waals surface area contributed by atoms with Crippen molar-refractivity contribution in [1.82, 2.24) is 9.47 Å². The number of hydrogen-bond donors (Lipinski definition) is 0. The molecule has 2 atom stereocenters.